The summed E-state index contributed by atoms with van der Waals surface area (Å²) in [6, 6.07) is 0. The van der Waals surface area contributed by atoms with Crippen molar-refractivity contribution in [2.75, 3.05) is 6.67 Å². The average Bonchev–Trinajstić information content (AvgIpc) is 2.42. The Morgan fingerprint density at radius 3 is 1.58 bits per heavy atom. The number of carbonyl (C=O) groups is 4. The second-order valence-corrected chi connectivity index (χ2v) is 5.03. The Morgan fingerprint density at radius 1 is 0.750 bits per heavy atom. The molecule has 136 valence electrons. The molecule has 0 aromatic rings. The van der Waals surface area contributed by atoms with Crippen molar-refractivity contribution in [2.45, 2.75) is 58.4 Å². The molecule has 1 fully saturated rings. The zero-order chi connectivity index (χ0) is 18.4. The van der Waals surface area contributed by atoms with Gasteiger partial charge in [-0.25, -0.2) is 4.39 Å². The molecule has 0 N–H and O–H groups in total. The summed E-state index contributed by atoms with van der Waals surface area (Å²) in [5.41, 5.74) is 0. The van der Waals surface area contributed by atoms with Crippen LogP contribution in [0.2, 0.25) is 0 Å². The van der Waals surface area contributed by atoms with Gasteiger partial charge < -0.3 is 23.7 Å². The van der Waals surface area contributed by atoms with Crippen molar-refractivity contribution in [3.63, 3.8) is 0 Å². The van der Waals surface area contributed by atoms with Crippen LogP contribution in [0.5, 0.6) is 0 Å². The summed E-state index contributed by atoms with van der Waals surface area (Å²) in [7, 11) is 0. The van der Waals surface area contributed by atoms with Gasteiger partial charge in [0.15, 0.2) is 12.2 Å². The molecular formula is C14H19FO9. The molecule has 1 heterocycles. The first kappa shape index (κ1) is 19.8. The van der Waals surface area contributed by atoms with Gasteiger partial charge in [-0.05, 0) is 0 Å². The van der Waals surface area contributed by atoms with E-state index in [0.717, 1.165) is 27.7 Å². The molecule has 1 aliphatic heterocycles. The van der Waals surface area contributed by atoms with Gasteiger partial charge in [-0.1, -0.05) is 0 Å². The van der Waals surface area contributed by atoms with E-state index in [-0.39, 0.29) is 0 Å². The summed E-state index contributed by atoms with van der Waals surface area (Å²) in [5, 5.41) is 0. The van der Waals surface area contributed by atoms with Gasteiger partial charge in [0.25, 0.3) is 0 Å². The van der Waals surface area contributed by atoms with E-state index in [4.69, 9.17) is 23.7 Å². The number of carbonyl (C=O) groups excluding carboxylic acids is 4. The number of rotatable bonds is 5. The molecule has 0 radical (unpaired) electrons. The Hall–Kier alpha value is -2.23. The lowest BCUT2D eigenvalue weighted by molar-refractivity contribution is -0.297. The van der Waals surface area contributed by atoms with E-state index in [0.29, 0.717) is 0 Å². The predicted octanol–water partition coefficient (Wildman–Crippen LogP) is 0.0390. The molecule has 0 bridgehead atoms. The Bertz CT molecular complexity index is 506. The van der Waals surface area contributed by atoms with Crippen molar-refractivity contribution in [1.82, 2.24) is 0 Å². The topological polar surface area (TPSA) is 114 Å². The van der Waals surface area contributed by atoms with Crippen LogP contribution in [-0.2, 0) is 42.9 Å². The lowest BCUT2D eigenvalue weighted by Crippen LogP contribution is -2.62. The Balaban J connectivity index is 3.23. The standard InChI is InChI=1S/C14H19FO9/c1-6(16)20-11-10(5-15)24-14(23-9(4)19)13(22-8(3)18)12(11)21-7(2)17/h10-14H,5H2,1-4H3/t10-,11-,12+,13-,14?/m0/s1. The molecule has 1 rings (SSSR count). The minimum Gasteiger partial charge on any atom is -0.456 e. The highest BCUT2D eigenvalue weighted by Gasteiger charge is 2.53. The fourth-order valence-electron chi connectivity index (χ4n) is 2.24. The summed E-state index contributed by atoms with van der Waals surface area (Å²) in [6.45, 7) is 3.14. The zero-order valence-electron chi connectivity index (χ0n) is 13.6. The average molecular weight is 350 g/mol. The summed E-state index contributed by atoms with van der Waals surface area (Å²) >= 11 is 0. The number of halogens is 1. The summed E-state index contributed by atoms with van der Waals surface area (Å²) in [6.07, 6.45) is -7.12. The maximum Gasteiger partial charge on any atom is 0.305 e. The van der Waals surface area contributed by atoms with Gasteiger partial charge in [-0.2, -0.15) is 0 Å². The molecule has 0 saturated carbocycles. The van der Waals surface area contributed by atoms with E-state index < -0.39 is 61.3 Å². The minimum absolute atomic E-state index is 0.785. The number of alkyl halides is 1. The van der Waals surface area contributed by atoms with Gasteiger partial charge in [0.05, 0.1) is 0 Å². The second-order valence-electron chi connectivity index (χ2n) is 5.03. The van der Waals surface area contributed by atoms with Crippen LogP contribution in [-0.4, -0.2) is 61.3 Å². The first-order chi connectivity index (χ1) is 11.1. The zero-order valence-corrected chi connectivity index (χ0v) is 13.6. The Labute approximate surface area is 137 Å². The molecule has 0 aromatic carbocycles. The van der Waals surface area contributed by atoms with Crippen LogP contribution in [0.15, 0.2) is 0 Å². The molecule has 0 amide bonds. The predicted molar refractivity (Wildman–Crippen MR) is 73.1 cm³/mol. The van der Waals surface area contributed by atoms with Crippen molar-refractivity contribution in [1.29, 1.82) is 0 Å². The van der Waals surface area contributed by atoms with E-state index in [9.17, 15) is 23.6 Å². The Morgan fingerprint density at radius 2 is 1.17 bits per heavy atom. The van der Waals surface area contributed by atoms with E-state index in [1.807, 2.05) is 0 Å². The third-order valence-electron chi connectivity index (χ3n) is 2.93. The van der Waals surface area contributed by atoms with Crippen LogP contribution in [0.1, 0.15) is 27.7 Å². The maximum atomic E-state index is 13.3. The minimum atomic E-state index is -1.52. The van der Waals surface area contributed by atoms with E-state index in [1.165, 1.54) is 0 Å². The highest BCUT2D eigenvalue weighted by Crippen LogP contribution is 2.29. The molecule has 1 unspecified atom stereocenters. The highest BCUT2D eigenvalue weighted by molar-refractivity contribution is 5.69. The number of esters is 4. The van der Waals surface area contributed by atoms with Crippen LogP contribution < -0.4 is 0 Å². The van der Waals surface area contributed by atoms with Crippen LogP contribution >= 0.6 is 0 Å². The molecular weight excluding hydrogens is 331 g/mol. The first-order valence-corrected chi connectivity index (χ1v) is 7.06. The van der Waals surface area contributed by atoms with Crippen molar-refractivity contribution in [3.05, 3.63) is 0 Å². The van der Waals surface area contributed by atoms with Crippen LogP contribution in [0, 0.1) is 0 Å². The quantitative estimate of drug-likeness (QED) is 0.500. The number of ether oxygens (including phenoxy) is 5. The van der Waals surface area contributed by atoms with Crippen molar-refractivity contribution < 1.29 is 47.3 Å². The largest absolute Gasteiger partial charge is 0.456 e. The van der Waals surface area contributed by atoms with E-state index in [2.05, 4.69) is 0 Å². The fourth-order valence-corrected chi connectivity index (χ4v) is 2.24. The maximum absolute atomic E-state index is 13.3. The van der Waals surface area contributed by atoms with Gasteiger partial charge in [0, 0.05) is 27.7 Å². The Kier molecular flexibility index (Phi) is 7.08. The van der Waals surface area contributed by atoms with Gasteiger partial charge in [0.2, 0.25) is 12.4 Å². The lowest BCUT2D eigenvalue weighted by Gasteiger charge is -2.43. The van der Waals surface area contributed by atoms with Gasteiger partial charge in [-0.3, -0.25) is 19.2 Å². The van der Waals surface area contributed by atoms with Crippen LogP contribution in [0.25, 0.3) is 0 Å². The summed E-state index contributed by atoms with van der Waals surface area (Å²) in [4.78, 5) is 45.1. The number of hydrogen-bond acceptors (Lipinski definition) is 9. The van der Waals surface area contributed by atoms with Gasteiger partial charge >= 0.3 is 23.9 Å². The van der Waals surface area contributed by atoms with Gasteiger partial charge in [0.1, 0.15) is 12.8 Å². The van der Waals surface area contributed by atoms with Crippen molar-refractivity contribution >= 4 is 23.9 Å². The molecule has 0 aliphatic carbocycles. The smallest absolute Gasteiger partial charge is 0.305 e. The third kappa shape index (κ3) is 5.44. The lowest BCUT2D eigenvalue weighted by atomic mass is 9.98. The van der Waals surface area contributed by atoms with Crippen molar-refractivity contribution in [3.8, 4) is 0 Å². The molecule has 0 aromatic heterocycles. The third-order valence-corrected chi connectivity index (χ3v) is 2.93. The van der Waals surface area contributed by atoms with E-state index in [1.54, 1.807) is 0 Å². The van der Waals surface area contributed by atoms with Crippen LogP contribution in [0.3, 0.4) is 0 Å². The van der Waals surface area contributed by atoms with Crippen LogP contribution in [0.4, 0.5) is 4.39 Å². The molecule has 0 spiro atoms. The molecule has 10 heteroatoms. The second kappa shape index (κ2) is 8.57. The van der Waals surface area contributed by atoms with Gasteiger partial charge in [-0.15, -0.1) is 0 Å². The summed E-state index contributed by atoms with van der Waals surface area (Å²) < 4.78 is 38.4. The molecule has 24 heavy (non-hydrogen) atoms. The summed E-state index contributed by atoms with van der Waals surface area (Å²) in [5.74, 6) is -3.16. The van der Waals surface area contributed by atoms with Crippen molar-refractivity contribution in [2.24, 2.45) is 0 Å². The monoisotopic (exact) mass is 350 g/mol. The molecule has 5 atom stereocenters. The highest BCUT2D eigenvalue weighted by atomic mass is 19.1. The SMILES string of the molecule is CC(=O)OC1O[C@@H](CF)[C@H](OC(C)=O)[C@@H](OC(C)=O)[C@@H]1OC(C)=O. The molecule has 9 nitrogen and oxygen atoms in total. The first-order valence-electron chi connectivity index (χ1n) is 7.06. The van der Waals surface area contributed by atoms with E-state index >= 15 is 0 Å². The normalized spacial score (nSPS) is 29.3. The number of hydrogen-bond donors (Lipinski definition) is 0. The fraction of sp³-hybridized carbons (Fsp3) is 0.714. The molecule has 1 saturated heterocycles. The molecule has 1 aliphatic rings.